The number of hydrogen-bond acceptors (Lipinski definition) is 1. The van der Waals surface area contributed by atoms with Crippen molar-refractivity contribution in [1.82, 2.24) is 9.88 Å². The summed E-state index contributed by atoms with van der Waals surface area (Å²) >= 11 is 5.79. The zero-order chi connectivity index (χ0) is 16.7. The molecule has 2 aromatic carbocycles. The molecule has 1 amide bonds. The molecular weight excluding hydrogens is 327 g/mol. The maximum absolute atomic E-state index is 14.0. The standard InChI is InChI=1S/C19H14ClFN2O/c20-15-7-6-13-10-16(22-18(13)17(15)21)19(24)23-9-8-14(11-23)12-4-2-1-3-5-12/h1-8,10,22H,9,11H2. The van der Waals surface area contributed by atoms with Crippen molar-refractivity contribution >= 4 is 34.0 Å². The Labute approximate surface area is 143 Å². The van der Waals surface area contributed by atoms with Gasteiger partial charge in [0.15, 0.2) is 5.82 Å². The molecule has 0 radical (unpaired) electrons. The predicted octanol–water partition coefficient (Wildman–Crippen LogP) is 4.50. The lowest BCUT2D eigenvalue weighted by molar-refractivity contribution is 0.0796. The van der Waals surface area contributed by atoms with Crippen molar-refractivity contribution in [2.24, 2.45) is 0 Å². The first-order valence-corrected chi connectivity index (χ1v) is 8.02. The minimum atomic E-state index is -0.530. The van der Waals surface area contributed by atoms with Crippen LogP contribution in [-0.2, 0) is 0 Å². The number of fused-ring (bicyclic) bond motifs is 1. The fourth-order valence-corrected chi connectivity index (χ4v) is 3.15. The van der Waals surface area contributed by atoms with Gasteiger partial charge in [-0.1, -0.05) is 54.1 Å². The monoisotopic (exact) mass is 340 g/mol. The molecule has 0 spiro atoms. The molecule has 120 valence electrons. The second-order valence-electron chi connectivity index (χ2n) is 5.79. The summed E-state index contributed by atoms with van der Waals surface area (Å²) in [5.74, 6) is -0.679. The molecule has 0 bridgehead atoms. The Morgan fingerprint density at radius 3 is 2.75 bits per heavy atom. The Morgan fingerprint density at radius 1 is 1.17 bits per heavy atom. The number of aromatic nitrogens is 1. The van der Waals surface area contributed by atoms with Crippen molar-refractivity contribution in [3.05, 3.63) is 76.7 Å². The third-order valence-corrected chi connectivity index (χ3v) is 4.56. The molecule has 0 unspecified atom stereocenters. The van der Waals surface area contributed by atoms with Gasteiger partial charge in [0.1, 0.15) is 5.69 Å². The molecule has 0 saturated carbocycles. The fourth-order valence-electron chi connectivity index (χ4n) is 3.00. The maximum Gasteiger partial charge on any atom is 0.270 e. The van der Waals surface area contributed by atoms with Gasteiger partial charge in [-0.15, -0.1) is 0 Å². The zero-order valence-corrected chi connectivity index (χ0v) is 13.5. The van der Waals surface area contributed by atoms with Gasteiger partial charge in [-0.25, -0.2) is 4.39 Å². The topological polar surface area (TPSA) is 36.1 Å². The largest absolute Gasteiger partial charge is 0.348 e. The summed E-state index contributed by atoms with van der Waals surface area (Å²) in [4.78, 5) is 17.3. The average Bonchev–Trinajstić information content (AvgIpc) is 3.26. The average molecular weight is 341 g/mol. The lowest BCUT2D eigenvalue weighted by Gasteiger charge is -2.15. The maximum atomic E-state index is 14.0. The van der Waals surface area contributed by atoms with E-state index in [1.807, 2.05) is 36.4 Å². The summed E-state index contributed by atoms with van der Waals surface area (Å²) in [5, 5.41) is 0.674. The molecule has 2 heterocycles. The molecule has 0 aliphatic carbocycles. The third kappa shape index (κ3) is 2.49. The number of aromatic amines is 1. The van der Waals surface area contributed by atoms with Crippen molar-refractivity contribution in [2.75, 3.05) is 13.1 Å². The van der Waals surface area contributed by atoms with Crippen molar-refractivity contribution in [1.29, 1.82) is 0 Å². The van der Waals surface area contributed by atoms with E-state index >= 15 is 0 Å². The van der Waals surface area contributed by atoms with Crippen molar-refractivity contribution < 1.29 is 9.18 Å². The molecule has 0 fully saturated rings. The van der Waals surface area contributed by atoms with Crippen LogP contribution in [0.5, 0.6) is 0 Å². The Balaban J connectivity index is 1.58. The van der Waals surface area contributed by atoms with E-state index in [1.165, 1.54) is 6.07 Å². The second-order valence-corrected chi connectivity index (χ2v) is 6.20. The summed E-state index contributed by atoms with van der Waals surface area (Å²) in [6.45, 7) is 1.09. The van der Waals surface area contributed by atoms with E-state index in [2.05, 4.69) is 4.98 Å². The number of halogens is 2. The third-order valence-electron chi connectivity index (χ3n) is 4.27. The number of carbonyl (C=O) groups excluding carboxylic acids is 1. The van der Waals surface area contributed by atoms with Crippen LogP contribution >= 0.6 is 11.6 Å². The molecule has 1 aliphatic rings. The predicted molar refractivity (Wildman–Crippen MR) is 93.6 cm³/mol. The van der Waals surface area contributed by atoms with Crippen LogP contribution < -0.4 is 0 Å². The molecule has 4 rings (SSSR count). The summed E-state index contributed by atoms with van der Waals surface area (Å²) in [7, 11) is 0. The van der Waals surface area contributed by atoms with Gasteiger partial charge in [-0.05, 0) is 23.3 Å². The van der Waals surface area contributed by atoms with Gasteiger partial charge in [-0.3, -0.25) is 4.79 Å². The Kier molecular flexibility index (Phi) is 3.62. The molecule has 1 aliphatic heterocycles. The van der Waals surface area contributed by atoms with Crippen LogP contribution in [0.1, 0.15) is 16.1 Å². The molecule has 5 heteroatoms. The minimum absolute atomic E-state index is 0.0394. The molecule has 0 saturated heterocycles. The zero-order valence-electron chi connectivity index (χ0n) is 12.7. The van der Waals surface area contributed by atoms with E-state index in [0.29, 0.717) is 24.2 Å². The summed E-state index contributed by atoms with van der Waals surface area (Å²) in [5.41, 5.74) is 2.87. The van der Waals surface area contributed by atoms with E-state index in [9.17, 15) is 9.18 Å². The number of H-pyrrole nitrogens is 1. The van der Waals surface area contributed by atoms with Gasteiger partial charge in [0, 0.05) is 18.5 Å². The van der Waals surface area contributed by atoms with E-state index in [4.69, 9.17) is 11.6 Å². The van der Waals surface area contributed by atoms with E-state index < -0.39 is 5.82 Å². The molecule has 3 aromatic rings. The van der Waals surface area contributed by atoms with Crippen LogP contribution in [0.15, 0.2) is 54.6 Å². The highest BCUT2D eigenvalue weighted by Gasteiger charge is 2.23. The van der Waals surface area contributed by atoms with Gasteiger partial charge >= 0.3 is 0 Å². The van der Waals surface area contributed by atoms with Crippen molar-refractivity contribution in [3.8, 4) is 0 Å². The van der Waals surface area contributed by atoms with E-state index in [0.717, 1.165) is 11.1 Å². The number of nitrogens with zero attached hydrogens (tertiary/aromatic N) is 1. The normalized spacial score (nSPS) is 14.2. The van der Waals surface area contributed by atoms with Gasteiger partial charge in [0.2, 0.25) is 0 Å². The summed E-state index contributed by atoms with van der Waals surface area (Å²) < 4.78 is 14.0. The van der Waals surface area contributed by atoms with Crippen LogP contribution in [0.4, 0.5) is 4.39 Å². The van der Waals surface area contributed by atoms with E-state index in [1.54, 1.807) is 17.0 Å². The molecule has 1 N–H and O–H groups in total. The van der Waals surface area contributed by atoms with Crippen LogP contribution in [0.2, 0.25) is 5.02 Å². The van der Waals surface area contributed by atoms with E-state index in [-0.39, 0.29) is 16.4 Å². The number of rotatable bonds is 2. The van der Waals surface area contributed by atoms with Gasteiger partial charge in [0.25, 0.3) is 5.91 Å². The second kappa shape index (κ2) is 5.80. The quantitative estimate of drug-likeness (QED) is 0.732. The van der Waals surface area contributed by atoms with Crippen LogP contribution in [0.25, 0.3) is 16.5 Å². The van der Waals surface area contributed by atoms with Crippen LogP contribution in [0.3, 0.4) is 0 Å². The minimum Gasteiger partial charge on any atom is -0.348 e. The van der Waals surface area contributed by atoms with Crippen LogP contribution in [-0.4, -0.2) is 28.9 Å². The van der Waals surface area contributed by atoms with Gasteiger partial charge < -0.3 is 9.88 Å². The number of hydrogen-bond donors (Lipinski definition) is 1. The van der Waals surface area contributed by atoms with Gasteiger partial charge in [-0.2, -0.15) is 0 Å². The van der Waals surface area contributed by atoms with Crippen molar-refractivity contribution in [2.45, 2.75) is 0 Å². The molecular formula is C19H14ClFN2O. The first-order chi connectivity index (χ1) is 11.6. The number of amides is 1. The Morgan fingerprint density at radius 2 is 1.96 bits per heavy atom. The lowest BCUT2D eigenvalue weighted by atomic mass is 10.1. The molecule has 0 atom stereocenters. The SMILES string of the molecule is O=C(c1cc2ccc(Cl)c(F)c2[nH]1)N1CC=C(c2ccccc2)C1. The Bertz CT molecular complexity index is 962. The van der Waals surface area contributed by atoms with Gasteiger partial charge in [0.05, 0.1) is 10.5 Å². The highest BCUT2D eigenvalue weighted by molar-refractivity contribution is 6.31. The molecule has 24 heavy (non-hydrogen) atoms. The summed E-state index contributed by atoms with van der Waals surface area (Å²) in [6, 6.07) is 14.8. The summed E-state index contributed by atoms with van der Waals surface area (Å²) in [6.07, 6.45) is 2.05. The first-order valence-electron chi connectivity index (χ1n) is 7.64. The number of nitrogens with one attached hydrogen (secondary N) is 1. The van der Waals surface area contributed by atoms with Crippen LogP contribution in [0, 0.1) is 5.82 Å². The highest BCUT2D eigenvalue weighted by atomic mass is 35.5. The number of carbonyl (C=O) groups is 1. The first kappa shape index (κ1) is 15.0. The smallest absolute Gasteiger partial charge is 0.270 e. The highest BCUT2D eigenvalue weighted by Crippen LogP contribution is 2.27. The Hall–Kier alpha value is -2.59. The lowest BCUT2D eigenvalue weighted by Crippen LogP contribution is -2.29. The fraction of sp³-hybridized carbons (Fsp3) is 0.105. The number of benzene rings is 2. The van der Waals surface area contributed by atoms with Crippen molar-refractivity contribution in [3.63, 3.8) is 0 Å². The molecule has 1 aromatic heterocycles. The molecule has 3 nitrogen and oxygen atoms in total.